The van der Waals surface area contributed by atoms with Gasteiger partial charge >= 0.3 is 11.8 Å². The molecule has 2 fully saturated rings. The van der Waals surface area contributed by atoms with Gasteiger partial charge < -0.3 is 10.6 Å². The fraction of sp³-hybridized carbons (Fsp3) is 0.875. The molecule has 2 N–H and O–H groups in total. The molecule has 0 unspecified atom stereocenters. The molecule has 0 saturated heterocycles. The van der Waals surface area contributed by atoms with Gasteiger partial charge in [0.15, 0.2) is 0 Å². The Kier molecular flexibility index (Phi) is 6.09. The molecule has 0 aromatic rings. The number of amides is 2. The highest BCUT2D eigenvalue weighted by atomic mass is 19.3. The van der Waals surface area contributed by atoms with E-state index in [2.05, 4.69) is 0 Å². The molecule has 2 amide bonds. The van der Waals surface area contributed by atoms with Crippen molar-refractivity contribution >= 4 is 11.8 Å². The van der Waals surface area contributed by atoms with Gasteiger partial charge in [0.2, 0.25) is 0 Å². The molecule has 2 aliphatic carbocycles. The molecule has 0 heterocycles. The minimum Gasteiger partial charge on any atom is -0.348 e. The minimum absolute atomic E-state index is 0.488. The molecule has 0 aromatic carbocycles. The van der Waals surface area contributed by atoms with E-state index in [-0.39, 0.29) is 0 Å². The van der Waals surface area contributed by atoms with E-state index < -0.39 is 35.7 Å². The molecule has 2 aliphatic rings. The Hall–Kier alpha value is -1.34. The Morgan fingerprint density at radius 3 is 1.21 bits per heavy atom. The molecular formula is C16H24F4N2O2. The fourth-order valence-electron chi connectivity index (χ4n) is 3.33. The maximum atomic E-state index is 13.9. The summed E-state index contributed by atoms with van der Waals surface area (Å²) in [5.41, 5.74) is 0. The normalized spacial score (nSPS) is 21.3. The van der Waals surface area contributed by atoms with E-state index in [1.807, 2.05) is 10.6 Å². The van der Waals surface area contributed by atoms with Gasteiger partial charge in [-0.2, -0.15) is 17.6 Å². The number of hydrogen-bond acceptors (Lipinski definition) is 2. The third kappa shape index (κ3) is 4.19. The highest BCUT2D eigenvalue weighted by Gasteiger charge is 2.67. The lowest BCUT2D eigenvalue weighted by Gasteiger charge is -2.30. The molecule has 0 aromatic heterocycles. The highest BCUT2D eigenvalue weighted by molar-refractivity contribution is 5.95. The first-order chi connectivity index (χ1) is 11.2. The van der Waals surface area contributed by atoms with Crippen LogP contribution in [0.3, 0.4) is 0 Å². The van der Waals surface area contributed by atoms with Crippen LogP contribution in [0.5, 0.6) is 0 Å². The number of alkyl halides is 4. The molecule has 0 aliphatic heterocycles. The molecule has 138 valence electrons. The summed E-state index contributed by atoms with van der Waals surface area (Å²) in [5.74, 6) is -14.3. The topological polar surface area (TPSA) is 58.2 Å². The van der Waals surface area contributed by atoms with Crippen LogP contribution in [0.1, 0.15) is 64.2 Å². The van der Waals surface area contributed by atoms with Gasteiger partial charge in [-0.15, -0.1) is 0 Å². The van der Waals surface area contributed by atoms with Crippen LogP contribution in [0, 0.1) is 0 Å². The molecule has 2 saturated carbocycles. The summed E-state index contributed by atoms with van der Waals surface area (Å²) in [4.78, 5) is 23.3. The number of carbonyl (C=O) groups is 2. The van der Waals surface area contributed by atoms with E-state index >= 15 is 0 Å². The highest BCUT2D eigenvalue weighted by Crippen LogP contribution is 2.36. The van der Waals surface area contributed by atoms with Crippen molar-refractivity contribution in [2.24, 2.45) is 0 Å². The second-order valence-corrected chi connectivity index (χ2v) is 6.77. The van der Waals surface area contributed by atoms with Gasteiger partial charge in [0.1, 0.15) is 0 Å². The van der Waals surface area contributed by atoms with E-state index in [4.69, 9.17) is 0 Å². The summed E-state index contributed by atoms with van der Waals surface area (Å²) < 4.78 is 55.7. The van der Waals surface area contributed by atoms with Gasteiger partial charge in [0.05, 0.1) is 0 Å². The van der Waals surface area contributed by atoms with E-state index in [9.17, 15) is 27.2 Å². The Labute approximate surface area is 138 Å². The van der Waals surface area contributed by atoms with Gasteiger partial charge in [-0.1, -0.05) is 38.5 Å². The molecule has 4 nitrogen and oxygen atoms in total. The molecule has 0 spiro atoms. The third-order valence-electron chi connectivity index (χ3n) is 4.85. The summed E-state index contributed by atoms with van der Waals surface area (Å²) in [6, 6.07) is -1.07. The zero-order chi connectivity index (χ0) is 17.8. The van der Waals surface area contributed by atoms with E-state index in [1.165, 1.54) is 0 Å². The van der Waals surface area contributed by atoms with Crippen molar-refractivity contribution in [2.75, 3.05) is 0 Å². The van der Waals surface area contributed by atoms with Crippen molar-refractivity contribution in [2.45, 2.75) is 88.1 Å². The molecule has 8 heteroatoms. The monoisotopic (exact) mass is 352 g/mol. The van der Waals surface area contributed by atoms with Crippen LogP contribution >= 0.6 is 0 Å². The maximum absolute atomic E-state index is 13.9. The lowest BCUT2D eigenvalue weighted by Crippen LogP contribution is -2.61. The third-order valence-corrected chi connectivity index (χ3v) is 4.85. The lowest BCUT2D eigenvalue weighted by molar-refractivity contribution is -0.212. The number of nitrogens with one attached hydrogen (secondary N) is 2. The standard InChI is InChI=1S/C16H24F4N2O2/c17-15(18,13(23)21-11-7-3-1-4-8-11)16(19,20)14(24)22-12-9-5-2-6-10-12/h11-12H,1-10H2,(H,21,23)(H,22,24). The summed E-state index contributed by atoms with van der Waals surface area (Å²) in [5, 5.41) is 3.95. The van der Waals surface area contributed by atoms with Crippen LogP contribution in [0.4, 0.5) is 17.6 Å². The van der Waals surface area contributed by atoms with E-state index in [0.29, 0.717) is 25.7 Å². The first-order valence-corrected chi connectivity index (χ1v) is 8.62. The van der Waals surface area contributed by atoms with Gasteiger partial charge in [-0.3, -0.25) is 9.59 Å². The van der Waals surface area contributed by atoms with Crippen molar-refractivity contribution in [3.05, 3.63) is 0 Å². The Balaban J connectivity index is 1.97. The van der Waals surface area contributed by atoms with Crippen LogP contribution in [0.2, 0.25) is 0 Å². The Morgan fingerprint density at radius 2 is 0.917 bits per heavy atom. The Morgan fingerprint density at radius 1 is 0.625 bits per heavy atom. The average molecular weight is 352 g/mol. The number of halogens is 4. The lowest BCUT2D eigenvalue weighted by atomic mass is 9.94. The van der Waals surface area contributed by atoms with Gasteiger partial charge in [0.25, 0.3) is 11.8 Å². The van der Waals surface area contributed by atoms with E-state index in [0.717, 1.165) is 38.5 Å². The number of hydrogen-bond donors (Lipinski definition) is 2. The van der Waals surface area contributed by atoms with Crippen LogP contribution < -0.4 is 10.6 Å². The molecule has 0 radical (unpaired) electrons. The van der Waals surface area contributed by atoms with Crippen molar-refractivity contribution in [3.8, 4) is 0 Å². The Bertz CT molecular complexity index is 417. The molecule has 0 bridgehead atoms. The van der Waals surface area contributed by atoms with Crippen LogP contribution in [0.25, 0.3) is 0 Å². The molecule has 24 heavy (non-hydrogen) atoms. The van der Waals surface area contributed by atoms with Crippen molar-refractivity contribution in [3.63, 3.8) is 0 Å². The first-order valence-electron chi connectivity index (χ1n) is 8.62. The first kappa shape index (κ1) is 19.0. The summed E-state index contributed by atoms with van der Waals surface area (Å²) >= 11 is 0. The number of carbonyl (C=O) groups excluding carboxylic acids is 2. The zero-order valence-corrected chi connectivity index (χ0v) is 13.6. The summed E-state index contributed by atoms with van der Waals surface area (Å²) in [7, 11) is 0. The van der Waals surface area contributed by atoms with Gasteiger partial charge in [0, 0.05) is 12.1 Å². The predicted molar refractivity (Wildman–Crippen MR) is 79.9 cm³/mol. The van der Waals surface area contributed by atoms with Crippen molar-refractivity contribution in [1.82, 2.24) is 10.6 Å². The number of rotatable bonds is 5. The second-order valence-electron chi connectivity index (χ2n) is 6.77. The van der Waals surface area contributed by atoms with Crippen LogP contribution in [-0.2, 0) is 9.59 Å². The van der Waals surface area contributed by atoms with Gasteiger partial charge in [-0.05, 0) is 25.7 Å². The van der Waals surface area contributed by atoms with Crippen molar-refractivity contribution in [1.29, 1.82) is 0 Å². The largest absolute Gasteiger partial charge is 0.395 e. The molecule has 2 rings (SSSR count). The quantitative estimate of drug-likeness (QED) is 0.747. The summed E-state index contributed by atoms with van der Waals surface area (Å²) in [6.07, 6.45) is 6.85. The van der Waals surface area contributed by atoms with Gasteiger partial charge in [-0.25, -0.2) is 0 Å². The predicted octanol–water partition coefficient (Wildman–Crippen LogP) is 3.15. The fourth-order valence-corrected chi connectivity index (χ4v) is 3.33. The van der Waals surface area contributed by atoms with Crippen LogP contribution in [-0.4, -0.2) is 35.7 Å². The average Bonchev–Trinajstić information content (AvgIpc) is 2.56. The SMILES string of the molecule is O=C(NC1CCCCC1)C(F)(F)C(F)(F)C(=O)NC1CCCCC1. The van der Waals surface area contributed by atoms with Crippen LogP contribution in [0.15, 0.2) is 0 Å². The summed E-state index contributed by atoms with van der Waals surface area (Å²) in [6.45, 7) is 0. The maximum Gasteiger partial charge on any atom is 0.395 e. The van der Waals surface area contributed by atoms with Crippen molar-refractivity contribution < 1.29 is 27.2 Å². The second kappa shape index (κ2) is 7.70. The van der Waals surface area contributed by atoms with E-state index in [1.54, 1.807) is 0 Å². The molecule has 0 atom stereocenters. The molecular weight excluding hydrogens is 328 g/mol. The smallest absolute Gasteiger partial charge is 0.348 e. The zero-order valence-electron chi connectivity index (χ0n) is 13.6. The minimum atomic E-state index is -5.07.